The van der Waals surface area contributed by atoms with E-state index in [0.717, 1.165) is 6.07 Å². The minimum atomic E-state index is -0.442. The third-order valence-electron chi connectivity index (χ3n) is 2.50. The number of carbonyl (C=O) groups is 1. The van der Waals surface area contributed by atoms with E-state index in [2.05, 4.69) is 5.32 Å². The summed E-state index contributed by atoms with van der Waals surface area (Å²) in [6.45, 7) is 3.79. The van der Waals surface area contributed by atoms with Gasteiger partial charge < -0.3 is 10.4 Å². The van der Waals surface area contributed by atoms with E-state index in [9.17, 15) is 9.18 Å². The number of thioether (sulfide) groups is 1. The second-order valence-corrected chi connectivity index (χ2v) is 6.16. The summed E-state index contributed by atoms with van der Waals surface area (Å²) in [6.07, 6.45) is 0. The average Bonchev–Trinajstić information content (AvgIpc) is 2.38. The van der Waals surface area contributed by atoms with E-state index < -0.39 is 5.82 Å². The summed E-state index contributed by atoms with van der Waals surface area (Å²) in [4.78, 5) is 11.9. The molecule has 1 amide bonds. The molecule has 1 aromatic rings. The maximum absolute atomic E-state index is 12.9. The Balaban J connectivity index is 2.54. The van der Waals surface area contributed by atoms with Crippen LogP contribution in [0.2, 0.25) is 5.02 Å². The van der Waals surface area contributed by atoms with Gasteiger partial charge in [0, 0.05) is 6.61 Å². The number of aliphatic hydroxyl groups excluding tert-OH is 1. The summed E-state index contributed by atoms with van der Waals surface area (Å²) in [5, 5.41) is 11.5. The number of rotatable bonds is 6. The average molecular weight is 306 g/mol. The standard InChI is InChI=1S/C13H17ClFNO2S/c1-8(6-17)7-19-9(2)13(18)16-12-4-3-10(15)5-11(12)14/h3-5,8-9,17H,6-7H2,1-2H3,(H,16,18). The zero-order valence-corrected chi connectivity index (χ0v) is 12.4. The van der Waals surface area contributed by atoms with Gasteiger partial charge in [0.05, 0.1) is 16.0 Å². The summed E-state index contributed by atoms with van der Waals surface area (Å²) in [5.41, 5.74) is 0.399. The summed E-state index contributed by atoms with van der Waals surface area (Å²) >= 11 is 7.29. The Labute approximate surface area is 121 Å². The van der Waals surface area contributed by atoms with E-state index in [4.69, 9.17) is 16.7 Å². The zero-order valence-electron chi connectivity index (χ0n) is 10.8. The Hall–Kier alpha value is -0.780. The third-order valence-corrected chi connectivity index (χ3v) is 4.29. The number of amides is 1. The Kier molecular flexibility index (Phi) is 6.62. The van der Waals surface area contributed by atoms with E-state index in [1.807, 2.05) is 6.92 Å². The van der Waals surface area contributed by atoms with Crippen molar-refractivity contribution in [2.45, 2.75) is 19.1 Å². The number of halogens is 2. The van der Waals surface area contributed by atoms with Crippen LogP contribution < -0.4 is 5.32 Å². The van der Waals surface area contributed by atoms with Gasteiger partial charge in [-0.3, -0.25) is 4.79 Å². The van der Waals surface area contributed by atoms with Crippen molar-refractivity contribution in [2.24, 2.45) is 5.92 Å². The minimum Gasteiger partial charge on any atom is -0.396 e. The lowest BCUT2D eigenvalue weighted by atomic mass is 10.2. The van der Waals surface area contributed by atoms with Gasteiger partial charge in [0.25, 0.3) is 0 Å². The Morgan fingerprint density at radius 1 is 1.53 bits per heavy atom. The molecule has 19 heavy (non-hydrogen) atoms. The van der Waals surface area contributed by atoms with Crippen molar-refractivity contribution in [3.63, 3.8) is 0 Å². The lowest BCUT2D eigenvalue weighted by Gasteiger charge is -2.14. The van der Waals surface area contributed by atoms with Crippen molar-refractivity contribution in [3.05, 3.63) is 29.0 Å². The van der Waals surface area contributed by atoms with Gasteiger partial charge in [-0.25, -0.2) is 4.39 Å². The molecule has 0 aliphatic carbocycles. The molecule has 1 rings (SSSR count). The van der Waals surface area contributed by atoms with Crippen LogP contribution in [0.4, 0.5) is 10.1 Å². The molecule has 0 saturated heterocycles. The topological polar surface area (TPSA) is 49.3 Å². The van der Waals surface area contributed by atoms with Crippen molar-refractivity contribution in [1.82, 2.24) is 0 Å². The second-order valence-electron chi connectivity index (χ2n) is 4.38. The predicted octanol–water partition coefficient (Wildman–Crippen LogP) is 3.17. The molecule has 2 N–H and O–H groups in total. The molecule has 0 aliphatic heterocycles. The molecule has 0 radical (unpaired) electrons. The highest BCUT2D eigenvalue weighted by Gasteiger charge is 2.16. The lowest BCUT2D eigenvalue weighted by molar-refractivity contribution is -0.115. The number of nitrogens with one attached hydrogen (secondary N) is 1. The van der Waals surface area contributed by atoms with Crippen molar-refractivity contribution in [3.8, 4) is 0 Å². The molecule has 2 atom stereocenters. The molecule has 106 valence electrons. The number of carbonyl (C=O) groups excluding carboxylic acids is 1. The van der Waals surface area contributed by atoms with Crippen molar-refractivity contribution in [1.29, 1.82) is 0 Å². The van der Waals surface area contributed by atoms with Crippen molar-refractivity contribution in [2.75, 3.05) is 17.7 Å². The van der Waals surface area contributed by atoms with Crippen LogP contribution >= 0.6 is 23.4 Å². The second kappa shape index (κ2) is 7.72. The minimum absolute atomic E-state index is 0.102. The van der Waals surface area contributed by atoms with Crippen LogP contribution in [-0.2, 0) is 4.79 Å². The van der Waals surface area contributed by atoms with Gasteiger partial charge in [-0.05, 0) is 36.8 Å². The smallest absolute Gasteiger partial charge is 0.237 e. The molecule has 0 aromatic heterocycles. The van der Waals surface area contributed by atoms with Gasteiger partial charge in [-0.2, -0.15) is 0 Å². The Bertz CT molecular complexity index is 445. The summed E-state index contributed by atoms with van der Waals surface area (Å²) in [5.74, 6) is 0.211. The fourth-order valence-electron chi connectivity index (χ4n) is 1.26. The number of anilines is 1. The molecular formula is C13H17ClFNO2S. The quantitative estimate of drug-likeness (QED) is 0.849. The first kappa shape index (κ1) is 16.3. The van der Waals surface area contributed by atoms with Gasteiger partial charge in [0.2, 0.25) is 5.91 Å². The maximum atomic E-state index is 12.9. The zero-order chi connectivity index (χ0) is 14.4. The molecular weight excluding hydrogens is 289 g/mol. The molecule has 0 bridgehead atoms. The van der Waals surface area contributed by atoms with Crippen LogP contribution in [0.25, 0.3) is 0 Å². The maximum Gasteiger partial charge on any atom is 0.237 e. The molecule has 0 aliphatic rings. The Morgan fingerprint density at radius 2 is 2.21 bits per heavy atom. The van der Waals surface area contributed by atoms with E-state index in [0.29, 0.717) is 11.4 Å². The number of hydrogen-bond acceptors (Lipinski definition) is 3. The van der Waals surface area contributed by atoms with Gasteiger partial charge >= 0.3 is 0 Å². The van der Waals surface area contributed by atoms with Crippen LogP contribution in [0, 0.1) is 11.7 Å². The van der Waals surface area contributed by atoms with Gasteiger partial charge in [-0.1, -0.05) is 18.5 Å². The van der Waals surface area contributed by atoms with Crippen molar-refractivity contribution < 1.29 is 14.3 Å². The Morgan fingerprint density at radius 3 is 2.79 bits per heavy atom. The summed E-state index contributed by atoms with van der Waals surface area (Å²) < 4.78 is 12.9. The van der Waals surface area contributed by atoms with Crippen molar-refractivity contribution >= 4 is 35.0 Å². The molecule has 0 saturated carbocycles. The van der Waals surface area contributed by atoms with Crippen LogP contribution in [0.15, 0.2) is 18.2 Å². The summed E-state index contributed by atoms with van der Waals surface area (Å²) in [6, 6.07) is 3.83. The highest BCUT2D eigenvalue weighted by atomic mass is 35.5. The van der Waals surface area contributed by atoms with E-state index in [1.54, 1.807) is 6.92 Å². The van der Waals surface area contributed by atoms with E-state index in [1.165, 1.54) is 23.9 Å². The first-order chi connectivity index (χ1) is 8.93. The van der Waals surface area contributed by atoms with E-state index >= 15 is 0 Å². The monoisotopic (exact) mass is 305 g/mol. The molecule has 6 heteroatoms. The van der Waals surface area contributed by atoms with Gasteiger partial charge in [-0.15, -0.1) is 11.8 Å². The molecule has 3 nitrogen and oxygen atoms in total. The fourth-order valence-corrected chi connectivity index (χ4v) is 2.41. The highest BCUT2D eigenvalue weighted by Crippen LogP contribution is 2.24. The molecule has 1 aromatic carbocycles. The van der Waals surface area contributed by atoms with Gasteiger partial charge in [0.15, 0.2) is 0 Å². The first-order valence-corrected chi connectivity index (χ1v) is 7.35. The van der Waals surface area contributed by atoms with Crippen LogP contribution in [0.3, 0.4) is 0 Å². The molecule has 0 fully saturated rings. The van der Waals surface area contributed by atoms with Crippen LogP contribution in [-0.4, -0.2) is 28.6 Å². The highest BCUT2D eigenvalue weighted by molar-refractivity contribution is 8.00. The van der Waals surface area contributed by atoms with E-state index in [-0.39, 0.29) is 28.7 Å². The largest absolute Gasteiger partial charge is 0.396 e. The van der Waals surface area contributed by atoms with Gasteiger partial charge in [0.1, 0.15) is 5.82 Å². The third kappa shape index (κ3) is 5.38. The lowest BCUT2D eigenvalue weighted by Crippen LogP contribution is -2.24. The van der Waals surface area contributed by atoms with Crippen LogP contribution in [0.1, 0.15) is 13.8 Å². The molecule has 0 spiro atoms. The number of hydrogen-bond donors (Lipinski definition) is 2. The predicted molar refractivity (Wildman–Crippen MR) is 78.2 cm³/mol. The molecule has 2 unspecified atom stereocenters. The number of benzene rings is 1. The molecule has 0 heterocycles. The number of aliphatic hydroxyl groups is 1. The summed E-state index contributed by atoms with van der Waals surface area (Å²) in [7, 11) is 0. The fraction of sp³-hybridized carbons (Fsp3) is 0.462. The normalized spacial score (nSPS) is 13.9. The SMILES string of the molecule is CC(CO)CSC(C)C(=O)Nc1ccc(F)cc1Cl. The van der Waals surface area contributed by atoms with Crippen LogP contribution in [0.5, 0.6) is 0 Å². The first-order valence-electron chi connectivity index (χ1n) is 5.92.